The zero-order valence-electron chi connectivity index (χ0n) is 14.3. The first-order valence-electron chi connectivity index (χ1n) is 7.94. The number of hydrogen-bond acceptors (Lipinski definition) is 8. The van der Waals surface area contributed by atoms with E-state index in [1.54, 1.807) is 11.5 Å². The quantitative estimate of drug-likeness (QED) is 0.740. The van der Waals surface area contributed by atoms with Crippen LogP contribution in [0.15, 0.2) is 11.3 Å². The van der Waals surface area contributed by atoms with E-state index in [2.05, 4.69) is 9.98 Å². The van der Waals surface area contributed by atoms with Gasteiger partial charge in [-0.25, -0.2) is 9.98 Å². The lowest BCUT2D eigenvalue weighted by molar-refractivity contribution is -0.0580. The second kappa shape index (κ2) is 6.41. The normalized spacial score (nSPS) is 32.2. The largest absolute Gasteiger partial charge is 0.396 e. The van der Waals surface area contributed by atoms with Gasteiger partial charge in [0.05, 0.1) is 31.1 Å². The summed E-state index contributed by atoms with van der Waals surface area (Å²) in [5.74, 6) is 0.192. The van der Waals surface area contributed by atoms with Crippen molar-refractivity contribution in [3.8, 4) is 0 Å². The van der Waals surface area contributed by atoms with Gasteiger partial charge in [0, 0.05) is 26.0 Å². The third-order valence-electron chi connectivity index (χ3n) is 4.56. The number of rotatable bonds is 5. The average molecular weight is 371 g/mol. The number of fused-ring (bicyclic) bond motifs is 1. The SMILES string of the molecule is C[C@]1(CO)C(O)[C@@H](COP(C)(C)=O)O[C@H]1n1cnc2c1N=CCC2=O. The highest BCUT2D eigenvalue weighted by atomic mass is 31.2. The molecule has 1 aromatic heterocycles. The summed E-state index contributed by atoms with van der Waals surface area (Å²) < 4.78 is 24.5. The highest BCUT2D eigenvalue weighted by molar-refractivity contribution is 7.57. The first kappa shape index (κ1) is 18.4. The Morgan fingerprint density at radius 2 is 2.24 bits per heavy atom. The van der Waals surface area contributed by atoms with Crippen LogP contribution >= 0.6 is 7.37 Å². The molecule has 0 spiro atoms. The van der Waals surface area contributed by atoms with Crippen LogP contribution in [0.2, 0.25) is 0 Å². The molecule has 1 aromatic rings. The van der Waals surface area contributed by atoms with E-state index < -0.39 is 31.2 Å². The average Bonchev–Trinajstić information content (AvgIpc) is 3.07. The summed E-state index contributed by atoms with van der Waals surface area (Å²) in [6.45, 7) is 4.18. The first-order valence-corrected chi connectivity index (χ1v) is 10.5. The zero-order chi connectivity index (χ0) is 18.4. The molecule has 0 aliphatic carbocycles. The number of carbonyl (C=O) groups is 1. The molecule has 1 unspecified atom stereocenters. The Balaban J connectivity index is 1.92. The summed E-state index contributed by atoms with van der Waals surface area (Å²) in [4.78, 5) is 20.2. The molecule has 3 rings (SSSR count). The van der Waals surface area contributed by atoms with Crippen LogP contribution in [-0.4, -0.2) is 70.5 Å². The summed E-state index contributed by atoms with van der Waals surface area (Å²) in [7, 11) is -2.74. The van der Waals surface area contributed by atoms with E-state index in [0.717, 1.165) is 0 Å². The third kappa shape index (κ3) is 3.22. The van der Waals surface area contributed by atoms with E-state index in [9.17, 15) is 19.6 Å². The van der Waals surface area contributed by atoms with Crippen LogP contribution in [0.25, 0.3) is 0 Å². The maximum absolute atomic E-state index is 11.9. The van der Waals surface area contributed by atoms with Gasteiger partial charge in [0.1, 0.15) is 12.3 Å². The van der Waals surface area contributed by atoms with Gasteiger partial charge in [-0.15, -0.1) is 0 Å². The molecule has 0 bridgehead atoms. The molecule has 10 heteroatoms. The fourth-order valence-corrected chi connectivity index (χ4v) is 3.57. The smallest absolute Gasteiger partial charge is 0.197 e. The van der Waals surface area contributed by atoms with Crippen LogP contribution in [-0.2, 0) is 13.8 Å². The molecule has 25 heavy (non-hydrogen) atoms. The number of imidazole rings is 1. The minimum atomic E-state index is -2.74. The zero-order valence-corrected chi connectivity index (χ0v) is 15.2. The molecule has 9 nitrogen and oxygen atoms in total. The maximum Gasteiger partial charge on any atom is 0.197 e. The number of aromatic nitrogens is 2. The topological polar surface area (TPSA) is 123 Å². The van der Waals surface area contributed by atoms with E-state index in [0.29, 0.717) is 5.82 Å². The van der Waals surface area contributed by atoms with Gasteiger partial charge in [-0.2, -0.15) is 0 Å². The molecule has 2 N–H and O–H groups in total. The van der Waals surface area contributed by atoms with Crippen LogP contribution in [0.3, 0.4) is 0 Å². The number of ketones is 1. The number of aliphatic hydroxyl groups is 2. The summed E-state index contributed by atoms with van der Waals surface area (Å²) in [5, 5.41) is 20.5. The highest BCUT2D eigenvalue weighted by Gasteiger charge is 2.54. The molecule has 0 aromatic carbocycles. The molecular weight excluding hydrogens is 349 g/mol. The number of ether oxygens (including phenoxy) is 1. The van der Waals surface area contributed by atoms with Crippen LogP contribution in [0, 0.1) is 5.41 Å². The van der Waals surface area contributed by atoms with Gasteiger partial charge in [-0.1, -0.05) is 6.92 Å². The van der Waals surface area contributed by atoms with Gasteiger partial charge >= 0.3 is 0 Å². The summed E-state index contributed by atoms with van der Waals surface area (Å²) in [6, 6.07) is 0. The van der Waals surface area contributed by atoms with E-state index in [-0.39, 0.29) is 31.1 Å². The van der Waals surface area contributed by atoms with E-state index in [1.165, 1.54) is 25.9 Å². The molecule has 0 amide bonds. The van der Waals surface area contributed by atoms with Gasteiger partial charge in [0.15, 0.2) is 24.7 Å². The number of carbonyl (C=O) groups excluding carboxylic acids is 1. The maximum atomic E-state index is 11.9. The van der Waals surface area contributed by atoms with Crippen molar-refractivity contribution in [3.63, 3.8) is 0 Å². The fraction of sp³-hybridized carbons (Fsp3) is 0.667. The lowest BCUT2D eigenvalue weighted by Crippen LogP contribution is -2.41. The molecule has 1 fully saturated rings. The van der Waals surface area contributed by atoms with Gasteiger partial charge in [0.2, 0.25) is 0 Å². The fourth-order valence-electron chi connectivity index (χ4n) is 3.07. The van der Waals surface area contributed by atoms with Crippen molar-refractivity contribution in [2.75, 3.05) is 26.5 Å². The predicted molar refractivity (Wildman–Crippen MR) is 89.8 cm³/mol. The van der Waals surface area contributed by atoms with Gasteiger partial charge < -0.3 is 19.5 Å². The van der Waals surface area contributed by atoms with Crippen molar-refractivity contribution < 1.29 is 28.8 Å². The molecule has 2 aliphatic rings. The minimum Gasteiger partial charge on any atom is -0.396 e. The molecule has 1 saturated heterocycles. The number of hydrogen-bond donors (Lipinski definition) is 2. The van der Waals surface area contributed by atoms with Crippen LogP contribution in [0.1, 0.15) is 30.1 Å². The van der Waals surface area contributed by atoms with Crippen molar-refractivity contribution in [2.24, 2.45) is 10.4 Å². The van der Waals surface area contributed by atoms with E-state index in [1.807, 2.05) is 0 Å². The van der Waals surface area contributed by atoms with Gasteiger partial charge in [0.25, 0.3) is 0 Å². The predicted octanol–water partition coefficient (Wildman–Crippen LogP) is 0.983. The molecule has 3 heterocycles. The molecular formula is C15H22N3O6P. The molecule has 4 atom stereocenters. The second-order valence-electron chi connectivity index (χ2n) is 6.95. The molecule has 138 valence electrons. The van der Waals surface area contributed by atoms with Crippen molar-refractivity contribution >= 4 is 25.2 Å². The Morgan fingerprint density at radius 3 is 2.88 bits per heavy atom. The monoisotopic (exact) mass is 371 g/mol. The Morgan fingerprint density at radius 1 is 1.52 bits per heavy atom. The van der Waals surface area contributed by atoms with Crippen LogP contribution in [0.5, 0.6) is 0 Å². The molecule has 2 aliphatic heterocycles. The standard InChI is InChI=1S/C15H22N3O6P/c1-15(7-19)12(21)10(6-23-25(2,3)22)24-14(15)18-8-17-11-9(20)4-5-16-13(11)18/h5,8,10,12,14,19,21H,4,6-7H2,1-3H3/t10-,12?,14-,15+/m1/s1. The number of aliphatic hydroxyl groups excluding tert-OH is 2. The Labute approximate surface area is 145 Å². The third-order valence-corrected chi connectivity index (χ3v) is 5.33. The van der Waals surface area contributed by atoms with Gasteiger partial charge in [-0.05, 0) is 0 Å². The van der Waals surface area contributed by atoms with Crippen molar-refractivity contribution in [1.29, 1.82) is 0 Å². The minimum absolute atomic E-state index is 0.0728. The Kier molecular flexibility index (Phi) is 4.72. The first-order chi connectivity index (χ1) is 11.7. The van der Waals surface area contributed by atoms with E-state index >= 15 is 0 Å². The number of aliphatic imine (C=N–C) groups is 1. The summed E-state index contributed by atoms with van der Waals surface area (Å²) in [5.41, 5.74) is -0.823. The lowest BCUT2D eigenvalue weighted by Gasteiger charge is -2.31. The van der Waals surface area contributed by atoms with Gasteiger partial charge in [-0.3, -0.25) is 13.9 Å². The van der Waals surface area contributed by atoms with Crippen LogP contribution < -0.4 is 0 Å². The summed E-state index contributed by atoms with van der Waals surface area (Å²) >= 11 is 0. The number of Topliss-reactive ketones (excluding diaryl/α,β-unsaturated/α-hetero) is 1. The van der Waals surface area contributed by atoms with Crippen molar-refractivity contribution in [3.05, 3.63) is 12.0 Å². The molecule has 0 radical (unpaired) electrons. The lowest BCUT2D eigenvalue weighted by atomic mass is 9.83. The van der Waals surface area contributed by atoms with Crippen LogP contribution in [0.4, 0.5) is 5.82 Å². The van der Waals surface area contributed by atoms with Crippen molar-refractivity contribution in [1.82, 2.24) is 9.55 Å². The van der Waals surface area contributed by atoms with Crippen molar-refractivity contribution in [2.45, 2.75) is 31.8 Å². The highest BCUT2D eigenvalue weighted by Crippen LogP contribution is 2.48. The Bertz CT molecular complexity index is 756. The van der Waals surface area contributed by atoms with E-state index in [4.69, 9.17) is 9.26 Å². The summed E-state index contributed by atoms with van der Waals surface area (Å²) in [6.07, 6.45) is 0.467. The Hall–Kier alpha value is -1.38. The second-order valence-corrected chi connectivity index (χ2v) is 9.71. The number of nitrogens with zero attached hydrogens (tertiary/aromatic N) is 3. The molecule has 0 saturated carbocycles.